The molecule has 0 saturated carbocycles. The van der Waals surface area contributed by atoms with Crippen LogP contribution < -0.4 is 5.32 Å². The van der Waals surface area contributed by atoms with Crippen LogP contribution in [0.3, 0.4) is 0 Å². The third kappa shape index (κ3) is 8.57. The van der Waals surface area contributed by atoms with Gasteiger partial charge in [-0.15, -0.1) is 0 Å². The fraction of sp³-hybridized carbons (Fsp3) is 1.00. The average Bonchev–Trinajstić information content (AvgIpc) is 2.76. The minimum Gasteiger partial charge on any atom is -0.313 e. The molecule has 0 aromatic carbocycles. The largest absolute Gasteiger partial charge is 0.313 e. The van der Waals surface area contributed by atoms with E-state index in [1.807, 2.05) is 0 Å². The second-order valence-electron chi connectivity index (χ2n) is 5.92. The first-order valence-corrected chi connectivity index (χ1v) is 8.88. The lowest BCUT2D eigenvalue weighted by Gasteiger charge is -2.26. The van der Waals surface area contributed by atoms with E-state index in [1.165, 1.54) is 12.8 Å². The number of hydrogen-bond acceptors (Lipinski definition) is 4. The molecule has 0 amide bonds. The van der Waals surface area contributed by atoms with Crippen molar-refractivity contribution in [3.05, 3.63) is 0 Å². The Labute approximate surface area is 117 Å². The molecular weight excluding hydrogens is 264 g/mol. The number of hydrogen-bond donors (Lipinski definition) is 2. The lowest BCUT2D eigenvalue weighted by Crippen LogP contribution is -2.39. The van der Waals surface area contributed by atoms with Crippen LogP contribution in [0.4, 0.5) is 0 Å². The summed E-state index contributed by atoms with van der Waals surface area (Å²) < 4.78 is 30.3. The molecule has 0 bridgehead atoms. The average molecular weight is 292 g/mol. The van der Waals surface area contributed by atoms with Crippen molar-refractivity contribution in [1.29, 1.82) is 0 Å². The molecule has 0 aromatic rings. The van der Waals surface area contributed by atoms with Gasteiger partial charge in [0.25, 0.3) is 10.1 Å². The zero-order chi connectivity index (χ0) is 14.3. The van der Waals surface area contributed by atoms with Gasteiger partial charge in [-0.2, -0.15) is 8.42 Å². The molecule has 1 rings (SSSR count). The number of nitrogens with zero attached hydrogens (tertiary/aromatic N) is 1. The van der Waals surface area contributed by atoms with E-state index in [1.54, 1.807) is 0 Å². The second-order valence-corrected chi connectivity index (χ2v) is 7.49. The van der Waals surface area contributed by atoms with Crippen molar-refractivity contribution >= 4 is 10.1 Å². The third-order valence-corrected chi connectivity index (χ3v) is 4.34. The van der Waals surface area contributed by atoms with Gasteiger partial charge < -0.3 is 10.2 Å². The van der Waals surface area contributed by atoms with Crippen molar-refractivity contribution < 1.29 is 13.0 Å². The maximum Gasteiger partial charge on any atom is 0.264 e. The Morgan fingerprint density at radius 2 is 2.11 bits per heavy atom. The van der Waals surface area contributed by atoms with Crippen molar-refractivity contribution in [2.75, 3.05) is 31.9 Å². The maximum atomic E-state index is 10.7. The van der Waals surface area contributed by atoms with Crippen molar-refractivity contribution in [3.63, 3.8) is 0 Å². The van der Waals surface area contributed by atoms with Crippen LogP contribution in [0.2, 0.25) is 0 Å². The van der Waals surface area contributed by atoms with Gasteiger partial charge in [0.05, 0.1) is 5.75 Å². The summed E-state index contributed by atoms with van der Waals surface area (Å²) in [6.07, 6.45) is 4.06. The summed E-state index contributed by atoms with van der Waals surface area (Å²) in [4.78, 5) is 2.33. The Morgan fingerprint density at radius 3 is 2.63 bits per heavy atom. The molecule has 0 radical (unpaired) electrons. The zero-order valence-corrected chi connectivity index (χ0v) is 13.0. The summed E-state index contributed by atoms with van der Waals surface area (Å²) in [7, 11) is -3.82. The highest BCUT2D eigenvalue weighted by atomic mass is 32.2. The quantitative estimate of drug-likeness (QED) is 0.628. The van der Waals surface area contributed by atoms with Crippen LogP contribution in [0.5, 0.6) is 0 Å². The summed E-state index contributed by atoms with van der Waals surface area (Å²) in [5.41, 5.74) is 0. The van der Waals surface area contributed by atoms with Crippen molar-refractivity contribution in [3.8, 4) is 0 Å². The Morgan fingerprint density at radius 1 is 1.37 bits per heavy atom. The minimum absolute atomic E-state index is 0.136. The van der Waals surface area contributed by atoms with Gasteiger partial charge in [-0.05, 0) is 51.2 Å². The molecular formula is C13H28N2O3S. The van der Waals surface area contributed by atoms with Gasteiger partial charge in [-0.25, -0.2) is 0 Å². The van der Waals surface area contributed by atoms with Crippen LogP contribution in [0, 0.1) is 5.92 Å². The predicted molar refractivity (Wildman–Crippen MR) is 78.0 cm³/mol. The van der Waals surface area contributed by atoms with Crippen LogP contribution in [0.15, 0.2) is 0 Å². The standard InChI is InChI=1S/C13H28N2O3S/c1-12(2)6-9-15(8-4-10-19(16,17)18)11-13-5-3-7-14-13/h12-14H,3-11H2,1-2H3,(H,16,17,18)/t13-/m0/s1. The highest BCUT2D eigenvalue weighted by Crippen LogP contribution is 2.10. The van der Waals surface area contributed by atoms with E-state index in [2.05, 4.69) is 24.1 Å². The van der Waals surface area contributed by atoms with E-state index in [-0.39, 0.29) is 5.75 Å². The Hall–Kier alpha value is -0.170. The van der Waals surface area contributed by atoms with Crippen LogP contribution >= 0.6 is 0 Å². The normalized spacial score (nSPS) is 20.6. The van der Waals surface area contributed by atoms with Crippen LogP contribution in [-0.2, 0) is 10.1 Å². The summed E-state index contributed by atoms with van der Waals surface area (Å²) in [6, 6.07) is 0.540. The molecule has 1 fully saturated rings. The zero-order valence-electron chi connectivity index (χ0n) is 12.1. The molecule has 114 valence electrons. The van der Waals surface area contributed by atoms with E-state index in [4.69, 9.17) is 4.55 Å². The molecule has 1 aliphatic rings. The summed E-state index contributed by atoms with van der Waals surface area (Å²) in [5, 5.41) is 3.47. The van der Waals surface area contributed by atoms with Crippen molar-refractivity contribution in [2.45, 2.75) is 45.6 Å². The summed E-state index contributed by atoms with van der Waals surface area (Å²) in [6.45, 7) is 8.21. The first kappa shape index (κ1) is 16.9. The van der Waals surface area contributed by atoms with Crippen LogP contribution in [-0.4, -0.2) is 55.8 Å². The van der Waals surface area contributed by atoms with Gasteiger partial charge in [0, 0.05) is 12.6 Å². The molecule has 19 heavy (non-hydrogen) atoms. The topological polar surface area (TPSA) is 69.6 Å². The Kier molecular flexibility index (Phi) is 7.28. The van der Waals surface area contributed by atoms with E-state index >= 15 is 0 Å². The van der Waals surface area contributed by atoms with E-state index in [0.717, 1.165) is 32.6 Å². The van der Waals surface area contributed by atoms with Crippen LogP contribution in [0.1, 0.15) is 39.5 Å². The SMILES string of the molecule is CC(C)CCN(CCCS(=O)(=O)O)C[C@@H]1CCCN1. The lowest BCUT2D eigenvalue weighted by molar-refractivity contribution is 0.236. The predicted octanol–water partition coefficient (Wildman–Crippen LogP) is 1.36. The van der Waals surface area contributed by atoms with E-state index in [0.29, 0.717) is 18.4 Å². The fourth-order valence-electron chi connectivity index (χ4n) is 2.43. The van der Waals surface area contributed by atoms with Gasteiger partial charge in [0.1, 0.15) is 0 Å². The van der Waals surface area contributed by atoms with Gasteiger partial charge >= 0.3 is 0 Å². The number of rotatable bonds is 9. The molecule has 0 aromatic heterocycles. The molecule has 5 nitrogen and oxygen atoms in total. The van der Waals surface area contributed by atoms with Gasteiger partial charge in [0.2, 0.25) is 0 Å². The Balaban J connectivity index is 2.34. The van der Waals surface area contributed by atoms with Crippen molar-refractivity contribution in [2.24, 2.45) is 5.92 Å². The lowest BCUT2D eigenvalue weighted by atomic mass is 10.1. The Bertz CT molecular complexity index is 338. The van der Waals surface area contributed by atoms with Gasteiger partial charge in [-0.3, -0.25) is 4.55 Å². The maximum absolute atomic E-state index is 10.7. The molecule has 1 heterocycles. The first-order chi connectivity index (χ1) is 8.87. The van der Waals surface area contributed by atoms with Crippen LogP contribution in [0.25, 0.3) is 0 Å². The van der Waals surface area contributed by atoms with E-state index in [9.17, 15) is 8.42 Å². The molecule has 1 atom stereocenters. The number of nitrogens with one attached hydrogen (secondary N) is 1. The molecule has 6 heteroatoms. The minimum atomic E-state index is -3.82. The van der Waals surface area contributed by atoms with Gasteiger partial charge in [0.15, 0.2) is 0 Å². The summed E-state index contributed by atoms with van der Waals surface area (Å²) >= 11 is 0. The molecule has 2 N–H and O–H groups in total. The summed E-state index contributed by atoms with van der Waals surface area (Å²) in [5.74, 6) is 0.518. The molecule has 1 aliphatic heterocycles. The molecule has 0 aliphatic carbocycles. The first-order valence-electron chi connectivity index (χ1n) is 7.27. The molecule has 0 unspecified atom stereocenters. The third-order valence-electron chi connectivity index (χ3n) is 3.54. The highest BCUT2D eigenvalue weighted by molar-refractivity contribution is 7.85. The second kappa shape index (κ2) is 8.19. The highest BCUT2D eigenvalue weighted by Gasteiger charge is 2.18. The molecule has 0 spiro atoms. The smallest absolute Gasteiger partial charge is 0.264 e. The van der Waals surface area contributed by atoms with Gasteiger partial charge in [-0.1, -0.05) is 13.8 Å². The fourth-order valence-corrected chi connectivity index (χ4v) is 2.92. The monoisotopic (exact) mass is 292 g/mol. The molecule has 1 saturated heterocycles. The van der Waals surface area contributed by atoms with E-state index < -0.39 is 10.1 Å². The van der Waals surface area contributed by atoms with Crippen molar-refractivity contribution in [1.82, 2.24) is 10.2 Å².